The van der Waals surface area contributed by atoms with E-state index in [4.69, 9.17) is 27.7 Å². The zero-order valence-corrected chi connectivity index (χ0v) is 19.2. The molecule has 1 aromatic heterocycles. The molecule has 2 N–H and O–H groups in total. The van der Waals surface area contributed by atoms with E-state index in [-0.39, 0.29) is 38.2 Å². The first-order valence-corrected chi connectivity index (χ1v) is 10.4. The predicted octanol–water partition coefficient (Wildman–Crippen LogP) is 4.94. The SMILES string of the molecule is Cc1cc(-c2noc(-c3cc(Cl)cc(Cl)c3)c2[N+](=O)[O-])ccc1C(=O)NCC(=O)NC(F)C(F)F. The van der Waals surface area contributed by atoms with Gasteiger partial charge in [0.05, 0.1) is 11.5 Å². The van der Waals surface area contributed by atoms with Gasteiger partial charge in [0, 0.05) is 26.7 Å². The molecule has 0 aliphatic carbocycles. The maximum atomic E-state index is 12.9. The van der Waals surface area contributed by atoms with Crippen LogP contribution in [0.25, 0.3) is 22.6 Å². The summed E-state index contributed by atoms with van der Waals surface area (Å²) in [6, 6.07) is 8.42. The fraction of sp³-hybridized carbons (Fsp3) is 0.190. The van der Waals surface area contributed by atoms with Gasteiger partial charge in [0.2, 0.25) is 18.0 Å². The molecule has 1 unspecified atom stereocenters. The number of alkyl halides is 3. The van der Waals surface area contributed by atoms with E-state index in [0.29, 0.717) is 5.56 Å². The number of carbonyl (C=O) groups excluding carboxylic acids is 2. The summed E-state index contributed by atoms with van der Waals surface area (Å²) in [5.41, 5.74) is 0.360. The predicted molar refractivity (Wildman–Crippen MR) is 120 cm³/mol. The number of hydrogen-bond donors (Lipinski definition) is 2. The van der Waals surface area contributed by atoms with Gasteiger partial charge in [-0.25, -0.2) is 13.2 Å². The lowest BCUT2D eigenvalue weighted by Gasteiger charge is -2.11. The van der Waals surface area contributed by atoms with E-state index < -0.39 is 41.7 Å². The highest BCUT2D eigenvalue weighted by Gasteiger charge is 2.30. The molecule has 9 nitrogen and oxygen atoms in total. The highest BCUT2D eigenvalue weighted by Crippen LogP contribution is 2.40. The van der Waals surface area contributed by atoms with Gasteiger partial charge in [0.15, 0.2) is 5.69 Å². The van der Waals surface area contributed by atoms with Crippen molar-refractivity contribution in [3.63, 3.8) is 0 Å². The number of carbonyl (C=O) groups is 2. The summed E-state index contributed by atoms with van der Waals surface area (Å²) in [6.07, 6.45) is -6.26. The van der Waals surface area contributed by atoms with Gasteiger partial charge in [-0.05, 0) is 42.8 Å². The van der Waals surface area contributed by atoms with Crippen LogP contribution in [0.2, 0.25) is 10.0 Å². The van der Waals surface area contributed by atoms with Crippen LogP contribution in [0.5, 0.6) is 0 Å². The summed E-state index contributed by atoms with van der Waals surface area (Å²) in [6.45, 7) is 0.782. The second-order valence-corrected chi connectivity index (χ2v) is 8.01. The standard InChI is InChI=1S/C21H15Cl2F3N4O5/c1-9-4-10(2-3-14(9)21(32)27-8-15(31)28-20(26)19(24)25)16-17(30(33)34)18(35-29-16)11-5-12(22)7-13(23)6-11/h2-7,19-20H,8H2,1H3,(H,27,32)(H,28,31). The van der Waals surface area contributed by atoms with E-state index >= 15 is 0 Å². The fourth-order valence-electron chi connectivity index (χ4n) is 3.11. The van der Waals surface area contributed by atoms with Gasteiger partial charge in [0.1, 0.15) is 0 Å². The molecule has 0 bridgehead atoms. The minimum Gasteiger partial charge on any atom is -0.348 e. The maximum Gasteiger partial charge on any atom is 0.344 e. The third kappa shape index (κ3) is 6.08. The van der Waals surface area contributed by atoms with Crippen molar-refractivity contribution < 1.29 is 32.2 Å². The molecule has 14 heteroatoms. The van der Waals surface area contributed by atoms with Crippen molar-refractivity contribution in [2.75, 3.05) is 6.54 Å². The van der Waals surface area contributed by atoms with Crippen molar-refractivity contribution >= 4 is 40.7 Å². The molecule has 0 aliphatic heterocycles. The average Bonchev–Trinajstić information content (AvgIpc) is 3.22. The first kappa shape index (κ1) is 26.0. The Balaban J connectivity index is 1.84. The van der Waals surface area contributed by atoms with E-state index in [1.54, 1.807) is 0 Å². The first-order valence-electron chi connectivity index (χ1n) is 9.69. The van der Waals surface area contributed by atoms with Gasteiger partial charge in [-0.2, -0.15) is 0 Å². The number of nitro groups is 1. The number of rotatable bonds is 8. The van der Waals surface area contributed by atoms with Crippen LogP contribution in [-0.2, 0) is 4.79 Å². The molecule has 35 heavy (non-hydrogen) atoms. The Morgan fingerprint density at radius 3 is 2.34 bits per heavy atom. The van der Waals surface area contributed by atoms with Crippen molar-refractivity contribution in [2.45, 2.75) is 19.6 Å². The van der Waals surface area contributed by atoms with Crippen molar-refractivity contribution in [2.24, 2.45) is 0 Å². The van der Waals surface area contributed by atoms with Gasteiger partial charge in [-0.1, -0.05) is 34.4 Å². The van der Waals surface area contributed by atoms with Crippen LogP contribution in [0.4, 0.5) is 18.9 Å². The number of nitrogens with one attached hydrogen (secondary N) is 2. The third-order valence-electron chi connectivity index (χ3n) is 4.65. The molecule has 0 radical (unpaired) electrons. The van der Waals surface area contributed by atoms with Crippen LogP contribution in [0.1, 0.15) is 15.9 Å². The molecular formula is C21H15Cl2F3N4O5. The van der Waals surface area contributed by atoms with Crippen molar-refractivity contribution in [1.29, 1.82) is 0 Å². The van der Waals surface area contributed by atoms with Crippen molar-refractivity contribution in [1.82, 2.24) is 15.8 Å². The second kappa shape index (κ2) is 10.7. The van der Waals surface area contributed by atoms with Crippen LogP contribution >= 0.6 is 23.2 Å². The topological polar surface area (TPSA) is 127 Å². The average molecular weight is 531 g/mol. The largest absolute Gasteiger partial charge is 0.348 e. The van der Waals surface area contributed by atoms with Crippen LogP contribution in [0.3, 0.4) is 0 Å². The molecule has 3 rings (SSSR count). The summed E-state index contributed by atoms with van der Waals surface area (Å²) < 4.78 is 42.4. The molecule has 0 saturated heterocycles. The Morgan fingerprint density at radius 1 is 1.11 bits per heavy atom. The molecule has 0 aliphatic rings. The molecule has 0 spiro atoms. The first-order chi connectivity index (χ1) is 16.5. The summed E-state index contributed by atoms with van der Waals surface area (Å²) in [4.78, 5) is 35.0. The van der Waals surface area contributed by atoms with Gasteiger partial charge < -0.3 is 15.2 Å². The Kier molecular flexibility index (Phi) is 7.97. The molecule has 2 aromatic carbocycles. The zero-order valence-electron chi connectivity index (χ0n) is 17.7. The van der Waals surface area contributed by atoms with Crippen LogP contribution in [-0.4, -0.2) is 41.2 Å². The highest BCUT2D eigenvalue weighted by atomic mass is 35.5. The van der Waals surface area contributed by atoms with E-state index in [1.165, 1.54) is 48.6 Å². The van der Waals surface area contributed by atoms with Gasteiger partial charge >= 0.3 is 5.69 Å². The Bertz CT molecular complexity index is 1280. The summed E-state index contributed by atoms with van der Waals surface area (Å²) in [5, 5.41) is 19.7. The lowest BCUT2D eigenvalue weighted by Crippen LogP contribution is -2.43. The van der Waals surface area contributed by atoms with E-state index in [1.807, 2.05) is 0 Å². The fourth-order valence-corrected chi connectivity index (χ4v) is 3.63. The highest BCUT2D eigenvalue weighted by molar-refractivity contribution is 6.35. The number of benzene rings is 2. The molecule has 1 atom stereocenters. The molecule has 2 amide bonds. The maximum absolute atomic E-state index is 12.9. The monoisotopic (exact) mass is 530 g/mol. The van der Waals surface area contributed by atoms with E-state index in [9.17, 15) is 32.9 Å². The number of aromatic nitrogens is 1. The lowest BCUT2D eigenvalue weighted by atomic mass is 10.0. The Morgan fingerprint density at radius 2 is 1.77 bits per heavy atom. The molecule has 184 valence electrons. The molecule has 1 heterocycles. The Hall–Kier alpha value is -3.64. The van der Waals surface area contributed by atoms with Gasteiger partial charge in [-0.3, -0.25) is 19.7 Å². The quantitative estimate of drug-likeness (QED) is 0.241. The molecule has 3 aromatic rings. The second-order valence-electron chi connectivity index (χ2n) is 7.14. The van der Waals surface area contributed by atoms with Gasteiger partial charge in [-0.15, -0.1) is 0 Å². The van der Waals surface area contributed by atoms with E-state index in [0.717, 1.165) is 0 Å². The smallest absolute Gasteiger partial charge is 0.344 e. The lowest BCUT2D eigenvalue weighted by molar-refractivity contribution is -0.383. The number of amides is 2. The number of hydrogen-bond acceptors (Lipinski definition) is 6. The summed E-state index contributed by atoms with van der Waals surface area (Å²) in [5.74, 6) is -2.07. The van der Waals surface area contributed by atoms with Crippen LogP contribution in [0, 0.1) is 17.0 Å². The summed E-state index contributed by atoms with van der Waals surface area (Å²) in [7, 11) is 0. The number of halogens is 5. The molecule has 0 saturated carbocycles. The van der Waals surface area contributed by atoms with Crippen molar-refractivity contribution in [3.05, 3.63) is 67.7 Å². The van der Waals surface area contributed by atoms with E-state index in [2.05, 4.69) is 10.5 Å². The normalized spacial score (nSPS) is 11.9. The van der Waals surface area contributed by atoms with Gasteiger partial charge in [0.25, 0.3) is 12.3 Å². The van der Waals surface area contributed by atoms with Crippen molar-refractivity contribution in [3.8, 4) is 22.6 Å². The Labute approximate surface area is 205 Å². The van der Waals surface area contributed by atoms with Crippen LogP contribution < -0.4 is 10.6 Å². The number of nitrogens with zero attached hydrogens (tertiary/aromatic N) is 2. The number of aryl methyl sites for hydroxylation is 1. The van der Waals surface area contributed by atoms with Crippen LogP contribution in [0.15, 0.2) is 40.9 Å². The molecule has 0 fully saturated rings. The minimum absolute atomic E-state index is 0.0835. The zero-order chi connectivity index (χ0) is 25.9. The molecular weight excluding hydrogens is 516 g/mol. The minimum atomic E-state index is -3.40. The summed E-state index contributed by atoms with van der Waals surface area (Å²) >= 11 is 12.0. The third-order valence-corrected chi connectivity index (χ3v) is 5.09.